The Bertz CT molecular complexity index is 1150. The Hall–Kier alpha value is -2.09. The van der Waals surface area contributed by atoms with Crippen LogP contribution in [0.15, 0.2) is 45.8 Å². The van der Waals surface area contributed by atoms with Gasteiger partial charge in [0.15, 0.2) is 0 Å². The van der Waals surface area contributed by atoms with E-state index >= 15 is 0 Å². The van der Waals surface area contributed by atoms with Gasteiger partial charge in [0.2, 0.25) is 0 Å². The lowest BCUT2D eigenvalue weighted by molar-refractivity contribution is 0.0528. The number of ether oxygens (including phenoxy) is 1. The first kappa shape index (κ1) is 22.1. The summed E-state index contributed by atoms with van der Waals surface area (Å²) in [6.07, 6.45) is 2.16. The normalized spacial score (nSPS) is 14.4. The van der Waals surface area contributed by atoms with Gasteiger partial charge in [-0.1, -0.05) is 18.2 Å². The summed E-state index contributed by atoms with van der Waals surface area (Å²) in [5.74, 6) is -0.171. The van der Waals surface area contributed by atoms with Crippen LogP contribution in [-0.2, 0) is 11.3 Å². The number of phenols is 1. The summed E-state index contributed by atoms with van der Waals surface area (Å²) in [4.78, 5) is 16.4. The molecule has 1 N–H and O–H groups in total. The number of fused-ring (bicyclic) bond motifs is 1. The van der Waals surface area contributed by atoms with E-state index in [1.54, 1.807) is 0 Å². The first-order valence-corrected chi connectivity index (χ1v) is 12.2. The lowest BCUT2D eigenvalue weighted by Crippen LogP contribution is -2.13. The van der Waals surface area contributed by atoms with Gasteiger partial charge in [0.05, 0.1) is 27.9 Å². The van der Waals surface area contributed by atoms with Crippen molar-refractivity contribution in [1.82, 2.24) is 9.47 Å². The molecule has 0 atom stereocenters. The van der Waals surface area contributed by atoms with Gasteiger partial charge in [0.1, 0.15) is 5.75 Å². The predicted molar refractivity (Wildman–Crippen MR) is 132 cm³/mol. The van der Waals surface area contributed by atoms with E-state index in [0.29, 0.717) is 29.2 Å². The second kappa shape index (κ2) is 9.18. The zero-order valence-electron chi connectivity index (χ0n) is 17.9. The van der Waals surface area contributed by atoms with Gasteiger partial charge in [-0.15, -0.1) is 0 Å². The molecule has 1 aliphatic carbocycles. The number of phenolic OH excluding ortho intramolecular Hbond substituents is 1. The molecular formula is C24H27BrN2O3S. The molecule has 5 nitrogen and oxygen atoms in total. The molecule has 1 fully saturated rings. The molecule has 2 aromatic carbocycles. The second-order valence-electron chi connectivity index (χ2n) is 7.99. The topological polar surface area (TPSA) is 54.7 Å². The van der Waals surface area contributed by atoms with Crippen molar-refractivity contribution in [3.8, 4) is 5.75 Å². The van der Waals surface area contributed by atoms with Crippen LogP contribution in [0.4, 0.5) is 0 Å². The van der Waals surface area contributed by atoms with E-state index in [-0.39, 0.29) is 11.7 Å². The number of rotatable bonds is 7. The molecule has 0 spiro atoms. The fraction of sp³-hybridized carbons (Fsp3) is 0.333. The van der Waals surface area contributed by atoms with E-state index in [0.717, 1.165) is 51.2 Å². The third-order valence-electron chi connectivity index (χ3n) is 5.32. The summed E-state index contributed by atoms with van der Waals surface area (Å²) in [5, 5.41) is 13.8. The Kier molecular flexibility index (Phi) is 6.55. The number of hydrogen-bond acceptors (Lipinski definition) is 4. The zero-order chi connectivity index (χ0) is 22.1. The monoisotopic (exact) mass is 502 g/mol. The average Bonchev–Trinajstić information content (AvgIpc) is 3.52. The van der Waals surface area contributed by atoms with Crippen molar-refractivity contribution in [3.63, 3.8) is 0 Å². The summed E-state index contributed by atoms with van der Waals surface area (Å²) >= 11 is 4.53. The molecule has 0 unspecified atom stereocenters. The van der Waals surface area contributed by atoms with E-state index in [9.17, 15) is 9.90 Å². The molecule has 1 heterocycles. The highest BCUT2D eigenvalue weighted by Crippen LogP contribution is 2.45. The summed E-state index contributed by atoms with van der Waals surface area (Å²) < 4.78 is 8.39. The molecule has 1 aromatic heterocycles. The van der Waals surface area contributed by atoms with Crippen LogP contribution in [0.2, 0.25) is 0 Å². The van der Waals surface area contributed by atoms with Crippen LogP contribution in [0.25, 0.3) is 10.9 Å². The van der Waals surface area contributed by atoms with Gasteiger partial charge in [0.25, 0.3) is 0 Å². The standard InChI is InChI=1S/C24H27BrN2O3S/c1-4-30-24(29)22-20(14-31-16-8-6-5-7-9-16)27(15-10-11-15)19-12-18(25)23(28)17(21(19)22)13-26(2)3/h5-9,12,14-15,28,31H,4,10-11,13H2,1-3H3. The van der Waals surface area contributed by atoms with Crippen molar-refractivity contribution in [1.29, 1.82) is 0 Å². The molecule has 164 valence electrons. The van der Waals surface area contributed by atoms with E-state index < -0.39 is 0 Å². The molecule has 4 rings (SSSR count). The third kappa shape index (κ3) is 4.45. The minimum Gasteiger partial charge on any atom is -0.506 e. The minimum absolute atomic E-state index is 0.173. The number of esters is 1. The molecule has 31 heavy (non-hydrogen) atoms. The maximum atomic E-state index is 13.2. The highest BCUT2D eigenvalue weighted by molar-refractivity contribution is 9.10. The number of aromatic hydroxyl groups is 1. The van der Waals surface area contributed by atoms with Crippen molar-refractivity contribution in [2.75, 3.05) is 20.7 Å². The number of benzene rings is 2. The molecule has 7 heteroatoms. The predicted octanol–water partition coefficient (Wildman–Crippen LogP) is 5.36. The first-order chi connectivity index (χ1) is 14.9. The summed E-state index contributed by atoms with van der Waals surface area (Å²) in [6, 6.07) is 12.5. The number of halogens is 1. The van der Waals surface area contributed by atoms with Gasteiger partial charge < -0.3 is 19.3 Å². The quantitative estimate of drug-likeness (QED) is 0.259. The van der Waals surface area contributed by atoms with Gasteiger partial charge in [0, 0.05) is 23.5 Å². The van der Waals surface area contributed by atoms with Crippen LogP contribution in [0.5, 0.6) is 5.75 Å². The smallest absolute Gasteiger partial charge is 0.340 e. The van der Waals surface area contributed by atoms with Crippen LogP contribution in [0.3, 0.4) is 0 Å². The van der Waals surface area contributed by atoms with Crippen molar-refractivity contribution in [3.05, 3.63) is 57.7 Å². The van der Waals surface area contributed by atoms with Gasteiger partial charge >= 0.3 is 5.97 Å². The Morgan fingerprint density at radius 3 is 2.65 bits per heavy atom. The minimum atomic E-state index is -0.344. The van der Waals surface area contributed by atoms with Crippen LogP contribution < -0.4 is 0 Å². The lowest BCUT2D eigenvalue weighted by Gasteiger charge is -2.15. The maximum Gasteiger partial charge on any atom is 0.340 e. The first-order valence-electron chi connectivity index (χ1n) is 10.4. The van der Waals surface area contributed by atoms with Crippen LogP contribution in [0.1, 0.15) is 47.4 Å². The van der Waals surface area contributed by atoms with Crippen molar-refractivity contribution < 1.29 is 14.6 Å². The van der Waals surface area contributed by atoms with Crippen molar-refractivity contribution in [2.24, 2.45) is 0 Å². The lowest BCUT2D eigenvalue weighted by atomic mass is 10.0. The molecule has 0 aliphatic heterocycles. The Balaban J connectivity index is 2.04. The van der Waals surface area contributed by atoms with E-state index in [1.807, 2.05) is 50.2 Å². The molecule has 1 saturated carbocycles. The van der Waals surface area contributed by atoms with E-state index in [4.69, 9.17) is 4.74 Å². The summed E-state index contributed by atoms with van der Waals surface area (Å²) in [7, 11) is 3.91. The number of thiol groups is 1. The van der Waals surface area contributed by atoms with Gasteiger partial charge in [-0.3, -0.25) is 0 Å². The number of carbonyl (C=O) groups excluding carboxylic acids is 1. The van der Waals surface area contributed by atoms with Crippen molar-refractivity contribution in [2.45, 2.75) is 37.2 Å². The van der Waals surface area contributed by atoms with E-state index in [2.05, 4.69) is 38.0 Å². The van der Waals surface area contributed by atoms with Gasteiger partial charge in [-0.25, -0.2) is 4.79 Å². The molecule has 0 amide bonds. The average molecular weight is 503 g/mol. The SMILES string of the molecule is CCOC(=O)c1c(C=[SH]c2ccccc2)n(C2CC2)c2cc(Br)c(O)c(CN(C)C)c12. The number of hydrogen-bond donors (Lipinski definition) is 2. The Morgan fingerprint density at radius 1 is 1.32 bits per heavy atom. The van der Waals surface area contributed by atoms with Crippen molar-refractivity contribution >= 4 is 49.5 Å². The van der Waals surface area contributed by atoms with Crippen LogP contribution in [0, 0.1) is 0 Å². The van der Waals surface area contributed by atoms with E-state index in [1.165, 1.54) is 0 Å². The highest BCUT2D eigenvalue weighted by atomic mass is 79.9. The molecule has 3 aromatic rings. The number of aromatic nitrogens is 1. The maximum absolute atomic E-state index is 13.2. The number of carbonyl (C=O) groups is 1. The highest BCUT2D eigenvalue weighted by Gasteiger charge is 2.33. The fourth-order valence-corrected chi connectivity index (χ4v) is 5.23. The van der Waals surface area contributed by atoms with Gasteiger partial charge in [-0.2, -0.15) is 11.4 Å². The Labute approximate surface area is 194 Å². The number of nitrogens with zero attached hydrogens (tertiary/aromatic N) is 2. The Morgan fingerprint density at radius 2 is 2.03 bits per heavy atom. The molecule has 0 bridgehead atoms. The molecule has 1 aliphatic rings. The summed E-state index contributed by atoms with van der Waals surface area (Å²) in [6.45, 7) is 2.63. The molecule has 0 radical (unpaired) electrons. The zero-order valence-corrected chi connectivity index (χ0v) is 20.4. The van der Waals surface area contributed by atoms with Crippen LogP contribution in [-0.4, -0.2) is 46.6 Å². The second-order valence-corrected chi connectivity index (χ2v) is 9.88. The summed E-state index contributed by atoms with van der Waals surface area (Å²) in [5.41, 5.74) is 3.12. The van der Waals surface area contributed by atoms with Gasteiger partial charge in [-0.05, 0) is 78.3 Å². The molecular weight excluding hydrogens is 476 g/mol. The third-order valence-corrected chi connectivity index (χ3v) is 6.89. The fourth-order valence-electron chi connectivity index (χ4n) is 3.91. The largest absolute Gasteiger partial charge is 0.506 e. The van der Waals surface area contributed by atoms with Crippen LogP contribution >= 0.6 is 27.3 Å². The molecule has 0 saturated heterocycles.